The molecule has 0 spiro atoms. The van der Waals surface area contributed by atoms with Crippen molar-refractivity contribution in [3.63, 3.8) is 0 Å². The van der Waals surface area contributed by atoms with Crippen LogP contribution in [0, 0.1) is 11.8 Å². The number of hydrogen-bond acceptors (Lipinski definition) is 4. The molecule has 0 saturated carbocycles. The molecule has 6 heteroatoms. The molecule has 0 radical (unpaired) electrons. The summed E-state index contributed by atoms with van der Waals surface area (Å²) >= 11 is 0. The number of unbranched alkanes of at least 4 members (excludes halogenated alkanes) is 3. The lowest BCUT2D eigenvalue weighted by atomic mass is 9.96. The lowest BCUT2D eigenvalue weighted by Crippen LogP contribution is -2.50. The molecule has 1 saturated heterocycles. The van der Waals surface area contributed by atoms with E-state index in [-0.39, 0.29) is 30.5 Å². The van der Waals surface area contributed by atoms with Crippen molar-refractivity contribution in [3.05, 3.63) is 12.2 Å². The largest absolute Gasteiger partial charge is 0.480 e. The molecule has 3 N–H and O–H groups in total. The van der Waals surface area contributed by atoms with E-state index < -0.39 is 12.0 Å². The summed E-state index contributed by atoms with van der Waals surface area (Å²) in [4.78, 5) is 26.0. The summed E-state index contributed by atoms with van der Waals surface area (Å²) < 4.78 is 0. The van der Waals surface area contributed by atoms with E-state index in [1.807, 2.05) is 24.0 Å². The van der Waals surface area contributed by atoms with Crippen molar-refractivity contribution in [3.8, 4) is 0 Å². The van der Waals surface area contributed by atoms with Gasteiger partial charge < -0.3 is 15.5 Å². The van der Waals surface area contributed by atoms with Gasteiger partial charge in [0.15, 0.2) is 0 Å². The van der Waals surface area contributed by atoms with Crippen LogP contribution in [0.4, 0.5) is 0 Å². The summed E-state index contributed by atoms with van der Waals surface area (Å²) in [5.41, 5.74) is 0. The Hall–Kier alpha value is -1.40. The topological polar surface area (TPSA) is 89.9 Å². The second-order valence-corrected chi connectivity index (χ2v) is 7.06. The first-order valence-electron chi connectivity index (χ1n) is 9.47. The van der Waals surface area contributed by atoms with Gasteiger partial charge in [0.2, 0.25) is 5.91 Å². The van der Waals surface area contributed by atoms with Gasteiger partial charge in [-0.3, -0.25) is 9.69 Å². The van der Waals surface area contributed by atoms with Gasteiger partial charge in [0.1, 0.15) is 6.04 Å². The van der Waals surface area contributed by atoms with Gasteiger partial charge in [-0.25, -0.2) is 4.79 Å². The highest BCUT2D eigenvalue weighted by Crippen LogP contribution is 2.23. The summed E-state index contributed by atoms with van der Waals surface area (Å²) in [5, 5.41) is 21.5. The zero-order valence-electron chi connectivity index (χ0n) is 15.8. The normalized spacial score (nSPS) is 22.0. The average molecular weight is 354 g/mol. The van der Waals surface area contributed by atoms with Gasteiger partial charge in [0.25, 0.3) is 0 Å². The van der Waals surface area contributed by atoms with Crippen molar-refractivity contribution in [2.45, 2.75) is 71.4 Å². The quantitative estimate of drug-likeness (QED) is 0.391. The number of carboxylic acids is 1. The van der Waals surface area contributed by atoms with Crippen LogP contribution in [0.3, 0.4) is 0 Å². The Morgan fingerprint density at radius 2 is 2.04 bits per heavy atom. The van der Waals surface area contributed by atoms with E-state index in [2.05, 4.69) is 12.2 Å². The molecule has 4 unspecified atom stereocenters. The van der Waals surface area contributed by atoms with Gasteiger partial charge in [-0.05, 0) is 25.7 Å². The van der Waals surface area contributed by atoms with E-state index in [9.17, 15) is 19.8 Å². The molecule has 1 rings (SSSR count). The van der Waals surface area contributed by atoms with Crippen molar-refractivity contribution in [2.24, 2.45) is 11.8 Å². The van der Waals surface area contributed by atoms with Crippen LogP contribution in [0.25, 0.3) is 0 Å². The molecule has 0 bridgehead atoms. The molecule has 0 aromatic carbocycles. The fraction of sp³-hybridized carbons (Fsp3) is 0.789. The van der Waals surface area contributed by atoms with Gasteiger partial charge >= 0.3 is 5.97 Å². The van der Waals surface area contributed by atoms with E-state index in [1.54, 1.807) is 6.92 Å². The Bertz CT molecular complexity index is 453. The highest BCUT2D eigenvalue weighted by atomic mass is 16.4. The molecule has 1 amide bonds. The molecule has 6 nitrogen and oxygen atoms in total. The average Bonchev–Trinajstić information content (AvgIpc) is 3.06. The zero-order chi connectivity index (χ0) is 18.8. The van der Waals surface area contributed by atoms with E-state index >= 15 is 0 Å². The van der Waals surface area contributed by atoms with Gasteiger partial charge in [-0.15, -0.1) is 0 Å². The van der Waals surface area contributed by atoms with Crippen molar-refractivity contribution < 1.29 is 19.8 Å². The van der Waals surface area contributed by atoms with Crippen LogP contribution in [0.15, 0.2) is 12.2 Å². The molecule has 1 fully saturated rings. The first kappa shape index (κ1) is 21.6. The maximum atomic E-state index is 12.5. The van der Waals surface area contributed by atoms with Crippen LogP contribution in [0.2, 0.25) is 0 Å². The molecule has 25 heavy (non-hydrogen) atoms. The maximum absolute atomic E-state index is 12.5. The van der Waals surface area contributed by atoms with Crippen LogP contribution in [-0.4, -0.2) is 52.3 Å². The highest BCUT2D eigenvalue weighted by molar-refractivity contribution is 5.85. The zero-order valence-corrected chi connectivity index (χ0v) is 15.8. The maximum Gasteiger partial charge on any atom is 0.326 e. The summed E-state index contributed by atoms with van der Waals surface area (Å²) in [6, 6.07) is -0.958. The minimum atomic E-state index is -1.02. The Morgan fingerprint density at radius 3 is 2.64 bits per heavy atom. The van der Waals surface area contributed by atoms with Crippen molar-refractivity contribution in [1.82, 2.24) is 10.2 Å². The van der Waals surface area contributed by atoms with E-state index in [4.69, 9.17) is 0 Å². The number of aliphatic hydroxyl groups excluding tert-OH is 1. The Morgan fingerprint density at radius 1 is 1.32 bits per heavy atom. The smallest absolute Gasteiger partial charge is 0.326 e. The number of rotatable bonds is 11. The van der Waals surface area contributed by atoms with Crippen LogP contribution in [0.1, 0.15) is 59.3 Å². The van der Waals surface area contributed by atoms with E-state index in [1.165, 1.54) is 0 Å². The first-order valence-corrected chi connectivity index (χ1v) is 9.47. The van der Waals surface area contributed by atoms with Crippen LogP contribution in [0.5, 0.6) is 0 Å². The molecule has 1 aliphatic rings. The van der Waals surface area contributed by atoms with Crippen molar-refractivity contribution >= 4 is 11.9 Å². The fourth-order valence-corrected chi connectivity index (χ4v) is 3.41. The molecular weight excluding hydrogens is 320 g/mol. The number of carboxylic acid groups (broad SMARTS) is 1. The van der Waals surface area contributed by atoms with E-state index in [0.29, 0.717) is 0 Å². The SMILES string of the molecule is CCCCC/C=C\C(C)C(NC(=O)C(C)C1CCCN1CO)C(=O)O. The highest BCUT2D eigenvalue weighted by Gasteiger charge is 2.35. The summed E-state index contributed by atoms with van der Waals surface area (Å²) in [6.07, 6.45) is 10.0. The van der Waals surface area contributed by atoms with Gasteiger partial charge in [0.05, 0.1) is 12.6 Å². The third-order valence-electron chi connectivity index (χ3n) is 5.09. The molecule has 0 aromatic heterocycles. The summed E-state index contributed by atoms with van der Waals surface area (Å²) in [6.45, 7) is 6.47. The van der Waals surface area contributed by atoms with Crippen LogP contribution >= 0.6 is 0 Å². The molecule has 0 aliphatic carbocycles. The Balaban J connectivity index is 2.60. The van der Waals surface area contributed by atoms with Gasteiger partial charge in [0, 0.05) is 18.5 Å². The standard InChI is InChI=1S/C19H34N2O4/c1-4-5-6-7-8-10-14(2)17(19(24)25)20-18(23)15(3)16-11-9-12-21(16)13-22/h8,10,14-17,22H,4-7,9,11-13H2,1-3H3,(H,20,23)(H,24,25)/b10-8-. The number of aliphatic carboxylic acids is 1. The van der Waals surface area contributed by atoms with Crippen molar-refractivity contribution in [2.75, 3.05) is 13.3 Å². The summed E-state index contributed by atoms with van der Waals surface area (Å²) in [7, 11) is 0. The second kappa shape index (κ2) is 11.3. The monoisotopic (exact) mass is 354 g/mol. The fourth-order valence-electron chi connectivity index (χ4n) is 3.41. The molecule has 1 heterocycles. The number of allylic oxidation sites excluding steroid dienone is 1. The lowest BCUT2D eigenvalue weighted by molar-refractivity contribution is -0.143. The second-order valence-electron chi connectivity index (χ2n) is 7.06. The molecule has 4 atom stereocenters. The molecule has 144 valence electrons. The predicted molar refractivity (Wildman–Crippen MR) is 98.0 cm³/mol. The number of nitrogens with one attached hydrogen (secondary N) is 1. The number of likely N-dealkylation sites (tertiary alicyclic amines) is 1. The number of nitrogens with zero attached hydrogens (tertiary/aromatic N) is 1. The summed E-state index contributed by atoms with van der Waals surface area (Å²) in [5.74, 6) is -1.90. The van der Waals surface area contributed by atoms with Crippen LogP contribution < -0.4 is 5.32 Å². The lowest BCUT2D eigenvalue weighted by Gasteiger charge is -2.28. The molecule has 1 aliphatic heterocycles. The number of carbonyl (C=O) groups excluding carboxylic acids is 1. The minimum absolute atomic E-state index is 0.0284. The molecular formula is C19H34N2O4. The van der Waals surface area contributed by atoms with Gasteiger partial charge in [-0.1, -0.05) is 45.8 Å². The van der Waals surface area contributed by atoms with Gasteiger partial charge in [-0.2, -0.15) is 0 Å². The number of carbonyl (C=O) groups is 2. The predicted octanol–water partition coefficient (Wildman–Crippen LogP) is 2.38. The number of amides is 1. The number of hydrogen-bond donors (Lipinski definition) is 3. The number of aliphatic hydroxyl groups is 1. The van der Waals surface area contributed by atoms with Crippen LogP contribution in [-0.2, 0) is 9.59 Å². The molecule has 0 aromatic rings. The van der Waals surface area contributed by atoms with Crippen molar-refractivity contribution in [1.29, 1.82) is 0 Å². The Kier molecular flexibility index (Phi) is 9.75. The first-order chi connectivity index (χ1) is 11.9. The minimum Gasteiger partial charge on any atom is -0.480 e. The van der Waals surface area contributed by atoms with E-state index in [0.717, 1.165) is 45.1 Å². The third-order valence-corrected chi connectivity index (χ3v) is 5.09. The third kappa shape index (κ3) is 6.78. The Labute approximate surface area is 151 Å².